The predicted molar refractivity (Wildman–Crippen MR) is 77.8 cm³/mol. The molecule has 0 bridgehead atoms. The van der Waals surface area contributed by atoms with Crippen molar-refractivity contribution in [3.8, 4) is 5.75 Å². The number of rotatable bonds is 6. The number of aliphatic hydroxyl groups is 1. The summed E-state index contributed by atoms with van der Waals surface area (Å²) in [7, 11) is 0. The van der Waals surface area contributed by atoms with E-state index in [1.54, 1.807) is 18.2 Å². The van der Waals surface area contributed by atoms with Crippen molar-refractivity contribution >= 4 is 5.91 Å². The van der Waals surface area contributed by atoms with Crippen molar-refractivity contribution in [2.75, 3.05) is 6.54 Å². The molecule has 4 nitrogen and oxygen atoms in total. The van der Waals surface area contributed by atoms with Gasteiger partial charge in [-0.1, -0.05) is 24.6 Å². The first-order valence-electron chi connectivity index (χ1n) is 7.52. The summed E-state index contributed by atoms with van der Waals surface area (Å²) >= 11 is 0. The van der Waals surface area contributed by atoms with Crippen LogP contribution in [0.15, 0.2) is 24.3 Å². The van der Waals surface area contributed by atoms with Gasteiger partial charge in [-0.3, -0.25) is 4.79 Å². The van der Waals surface area contributed by atoms with E-state index in [9.17, 15) is 18.7 Å². The fourth-order valence-electron chi connectivity index (χ4n) is 2.80. The molecule has 0 radical (unpaired) electrons. The molecule has 0 aliphatic heterocycles. The number of carbonyl (C=O) groups is 1. The van der Waals surface area contributed by atoms with Crippen molar-refractivity contribution in [1.82, 2.24) is 5.32 Å². The molecule has 1 aliphatic carbocycles. The lowest BCUT2D eigenvalue weighted by atomic mass is 9.87. The van der Waals surface area contributed by atoms with E-state index in [2.05, 4.69) is 10.1 Å². The Morgan fingerprint density at radius 2 is 2.14 bits per heavy atom. The minimum Gasteiger partial charge on any atom is -0.435 e. The maximum Gasteiger partial charge on any atom is 0.387 e. The number of hydrogen-bond acceptors (Lipinski definition) is 3. The van der Waals surface area contributed by atoms with Crippen LogP contribution in [0.2, 0.25) is 0 Å². The highest BCUT2D eigenvalue weighted by molar-refractivity contribution is 5.79. The molecule has 1 amide bonds. The molecule has 0 spiro atoms. The zero-order valence-corrected chi connectivity index (χ0v) is 12.3. The third-order valence-electron chi connectivity index (χ3n) is 3.88. The summed E-state index contributed by atoms with van der Waals surface area (Å²) in [4.78, 5) is 12.0. The van der Waals surface area contributed by atoms with E-state index >= 15 is 0 Å². The summed E-state index contributed by atoms with van der Waals surface area (Å²) in [6.07, 6.45) is 3.19. The molecule has 2 atom stereocenters. The topological polar surface area (TPSA) is 58.6 Å². The summed E-state index contributed by atoms with van der Waals surface area (Å²) in [6.45, 7) is -2.40. The van der Waals surface area contributed by atoms with E-state index in [4.69, 9.17) is 0 Å². The second kappa shape index (κ2) is 8.08. The van der Waals surface area contributed by atoms with Gasteiger partial charge in [-0.05, 0) is 31.2 Å². The number of halogens is 2. The monoisotopic (exact) mass is 313 g/mol. The Kier molecular flexibility index (Phi) is 6.12. The van der Waals surface area contributed by atoms with Gasteiger partial charge in [0.1, 0.15) is 5.75 Å². The van der Waals surface area contributed by atoms with Gasteiger partial charge in [0.05, 0.1) is 12.5 Å². The van der Waals surface area contributed by atoms with Crippen molar-refractivity contribution in [3.05, 3.63) is 29.8 Å². The second-order valence-corrected chi connectivity index (χ2v) is 5.65. The smallest absolute Gasteiger partial charge is 0.387 e. The normalized spacial score (nSPS) is 21.6. The average molecular weight is 313 g/mol. The van der Waals surface area contributed by atoms with E-state index < -0.39 is 6.61 Å². The molecular formula is C16H21F2NO3. The number of para-hydroxylation sites is 1. The molecule has 1 aromatic rings. The van der Waals surface area contributed by atoms with Crippen LogP contribution >= 0.6 is 0 Å². The van der Waals surface area contributed by atoms with Gasteiger partial charge < -0.3 is 15.2 Å². The van der Waals surface area contributed by atoms with Gasteiger partial charge in [0.15, 0.2) is 0 Å². The minimum absolute atomic E-state index is 0.00182. The third kappa shape index (κ3) is 5.26. The van der Waals surface area contributed by atoms with Crippen LogP contribution in [0.25, 0.3) is 0 Å². The van der Waals surface area contributed by atoms with Crippen LogP contribution in [0.1, 0.15) is 31.2 Å². The van der Waals surface area contributed by atoms with Crippen LogP contribution in [0.3, 0.4) is 0 Å². The third-order valence-corrected chi connectivity index (χ3v) is 3.88. The number of ether oxygens (including phenoxy) is 1. The SMILES string of the molecule is O=C(Cc1ccccc1OC(F)F)NCC1CCCC(O)C1. The zero-order chi connectivity index (χ0) is 15.9. The van der Waals surface area contributed by atoms with Gasteiger partial charge in [-0.15, -0.1) is 0 Å². The molecule has 2 rings (SSSR count). The minimum atomic E-state index is -2.91. The molecule has 6 heteroatoms. The quantitative estimate of drug-likeness (QED) is 0.848. The molecule has 122 valence electrons. The molecule has 1 saturated carbocycles. The Balaban J connectivity index is 1.84. The van der Waals surface area contributed by atoms with Crippen molar-refractivity contribution < 1.29 is 23.4 Å². The maximum absolute atomic E-state index is 12.3. The second-order valence-electron chi connectivity index (χ2n) is 5.65. The largest absolute Gasteiger partial charge is 0.435 e. The van der Waals surface area contributed by atoms with E-state index in [-0.39, 0.29) is 30.1 Å². The lowest BCUT2D eigenvalue weighted by molar-refractivity contribution is -0.120. The fourth-order valence-corrected chi connectivity index (χ4v) is 2.80. The van der Waals surface area contributed by atoms with Gasteiger partial charge in [-0.25, -0.2) is 0 Å². The van der Waals surface area contributed by atoms with Gasteiger partial charge in [0.2, 0.25) is 5.91 Å². The Morgan fingerprint density at radius 1 is 1.36 bits per heavy atom. The van der Waals surface area contributed by atoms with Gasteiger partial charge in [-0.2, -0.15) is 8.78 Å². The molecule has 0 aromatic heterocycles. The van der Waals surface area contributed by atoms with Gasteiger partial charge in [0, 0.05) is 12.1 Å². The summed E-state index contributed by atoms with van der Waals surface area (Å²) < 4.78 is 29.0. The van der Waals surface area contributed by atoms with Crippen molar-refractivity contribution in [1.29, 1.82) is 0 Å². The molecule has 2 N–H and O–H groups in total. The Bertz CT molecular complexity index is 496. The number of nitrogens with one attached hydrogen (secondary N) is 1. The van der Waals surface area contributed by atoms with Crippen LogP contribution in [0.5, 0.6) is 5.75 Å². The van der Waals surface area contributed by atoms with Crippen LogP contribution in [0, 0.1) is 5.92 Å². The molecule has 2 unspecified atom stereocenters. The Labute approximate surface area is 128 Å². The summed E-state index contributed by atoms with van der Waals surface area (Å²) in [5.74, 6) is 0.0753. The fraction of sp³-hybridized carbons (Fsp3) is 0.562. The number of aliphatic hydroxyl groups excluding tert-OH is 1. The van der Waals surface area contributed by atoms with Crippen LogP contribution < -0.4 is 10.1 Å². The van der Waals surface area contributed by atoms with Crippen molar-refractivity contribution in [3.63, 3.8) is 0 Å². The molecule has 1 aliphatic rings. The number of amides is 1. The van der Waals surface area contributed by atoms with Crippen molar-refractivity contribution in [2.24, 2.45) is 5.92 Å². The van der Waals surface area contributed by atoms with Gasteiger partial charge in [0.25, 0.3) is 0 Å². The van der Waals surface area contributed by atoms with Gasteiger partial charge >= 0.3 is 6.61 Å². The highest BCUT2D eigenvalue weighted by atomic mass is 19.3. The average Bonchev–Trinajstić information content (AvgIpc) is 2.47. The Hall–Kier alpha value is -1.69. The highest BCUT2D eigenvalue weighted by Gasteiger charge is 2.20. The van der Waals surface area contributed by atoms with E-state index in [0.717, 1.165) is 19.3 Å². The summed E-state index contributed by atoms with van der Waals surface area (Å²) in [5, 5.41) is 12.4. The summed E-state index contributed by atoms with van der Waals surface area (Å²) in [5.41, 5.74) is 0.434. The van der Waals surface area contributed by atoms with Crippen LogP contribution in [-0.4, -0.2) is 30.3 Å². The molecule has 1 fully saturated rings. The van der Waals surface area contributed by atoms with E-state index in [0.29, 0.717) is 18.5 Å². The van der Waals surface area contributed by atoms with Crippen LogP contribution in [0.4, 0.5) is 8.78 Å². The first-order valence-corrected chi connectivity index (χ1v) is 7.52. The maximum atomic E-state index is 12.3. The molecule has 0 saturated heterocycles. The van der Waals surface area contributed by atoms with E-state index in [1.165, 1.54) is 6.07 Å². The number of alkyl halides is 2. The Morgan fingerprint density at radius 3 is 2.86 bits per heavy atom. The van der Waals surface area contributed by atoms with E-state index in [1.807, 2.05) is 0 Å². The molecule has 0 heterocycles. The van der Waals surface area contributed by atoms with Crippen LogP contribution in [-0.2, 0) is 11.2 Å². The molecule has 1 aromatic carbocycles. The molecule has 22 heavy (non-hydrogen) atoms. The number of carbonyl (C=O) groups excluding carboxylic acids is 1. The number of hydrogen-bond donors (Lipinski definition) is 2. The lowest BCUT2D eigenvalue weighted by Gasteiger charge is -2.25. The lowest BCUT2D eigenvalue weighted by Crippen LogP contribution is -2.33. The highest BCUT2D eigenvalue weighted by Crippen LogP contribution is 2.24. The number of benzene rings is 1. The standard InChI is InChI=1S/C16H21F2NO3/c17-16(18)22-14-7-2-1-5-12(14)9-15(21)19-10-11-4-3-6-13(20)8-11/h1-2,5,7,11,13,16,20H,3-4,6,8-10H2,(H,19,21). The predicted octanol–water partition coefficient (Wildman–Crippen LogP) is 2.50. The molecular weight excluding hydrogens is 292 g/mol. The zero-order valence-electron chi connectivity index (χ0n) is 12.3. The van der Waals surface area contributed by atoms with Crippen molar-refractivity contribution in [2.45, 2.75) is 44.8 Å². The summed E-state index contributed by atoms with van der Waals surface area (Å²) in [6, 6.07) is 6.29. The first kappa shape index (κ1) is 16.7. The first-order chi connectivity index (χ1) is 10.5.